The van der Waals surface area contributed by atoms with Crippen LogP contribution in [0.3, 0.4) is 0 Å². The van der Waals surface area contributed by atoms with E-state index in [0.29, 0.717) is 0 Å². The first kappa shape index (κ1) is 12.9. The highest BCUT2D eigenvalue weighted by Gasteiger charge is 2.32. The second kappa shape index (κ2) is 5.40. The number of hydrogen-bond acceptors (Lipinski definition) is 3. The molecule has 4 heteroatoms. The SMILES string of the molecule is CC1CCCCN1C(C(=O)O)c1ccc(O)cc1. The minimum absolute atomic E-state index is 0.162. The van der Waals surface area contributed by atoms with Crippen LogP contribution in [-0.4, -0.2) is 33.7 Å². The number of likely N-dealkylation sites (tertiary alicyclic amines) is 1. The van der Waals surface area contributed by atoms with Gasteiger partial charge in [-0.15, -0.1) is 0 Å². The van der Waals surface area contributed by atoms with Gasteiger partial charge in [0.05, 0.1) is 0 Å². The fourth-order valence-corrected chi connectivity index (χ4v) is 2.64. The summed E-state index contributed by atoms with van der Waals surface area (Å²) in [5.74, 6) is -0.663. The van der Waals surface area contributed by atoms with Gasteiger partial charge >= 0.3 is 5.97 Å². The Labute approximate surface area is 107 Å². The van der Waals surface area contributed by atoms with E-state index in [1.54, 1.807) is 24.3 Å². The molecular weight excluding hydrogens is 230 g/mol. The zero-order valence-electron chi connectivity index (χ0n) is 10.5. The molecule has 1 saturated heterocycles. The lowest BCUT2D eigenvalue weighted by Gasteiger charge is -2.37. The molecule has 0 spiro atoms. The molecule has 0 amide bonds. The van der Waals surface area contributed by atoms with E-state index in [-0.39, 0.29) is 11.8 Å². The van der Waals surface area contributed by atoms with Crippen molar-refractivity contribution in [3.63, 3.8) is 0 Å². The Morgan fingerprint density at radius 1 is 1.33 bits per heavy atom. The van der Waals surface area contributed by atoms with Crippen LogP contribution in [-0.2, 0) is 4.79 Å². The van der Waals surface area contributed by atoms with Crippen molar-refractivity contribution in [1.29, 1.82) is 0 Å². The summed E-state index contributed by atoms with van der Waals surface area (Å²) in [6, 6.07) is 6.14. The molecule has 0 radical (unpaired) electrons. The van der Waals surface area contributed by atoms with Crippen molar-refractivity contribution >= 4 is 5.97 Å². The van der Waals surface area contributed by atoms with Gasteiger partial charge in [-0.05, 0) is 44.0 Å². The van der Waals surface area contributed by atoms with Crippen molar-refractivity contribution in [3.8, 4) is 5.75 Å². The third-order valence-corrected chi connectivity index (χ3v) is 3.63. The van der Waals surface area contributed by atoms with E-state index in [0.717, 1.165) is 24.9 Å². The number of phenols is 1. The van der Waals surface area contributed by atoms with Gasteiger partial charge in [-0.25, -0.2) is 0 Å². The molecule has 0 saturated carbocycles. The number of carboxylic acid groups (broad SMARTS) is 1. The number of phenolic OH excluding ortho intramolecular Hbond substituents is 1. The van der Waals surface area contributed by atoms with Crippen LogP contribution >= 0.6 is 0 Å². The molecule has 1 aliphatic rings. The predicted molar refractivity (Wildman–Crippen MR) is 68.5 cm³/mol. The Morgan fingerprint density at radius 2 is 2.00 bits per heavy atom. The van der Waals surface area contributed by atoms with Gasteiger partial charge in [0.2, 0.25) is 0 Å². The second-order valence-electron chi connectivity index (χ2n) is 4.91. The van der Waals surface area contributed by atoms with Crippen molar-refractivity contribution in [3.05, 3.63) is 29.8 Å². The summed E-state index contributed by atoms with van der Waals surface area (Å²) in [7, 11) is 0. The predicted octanol–water partition coefficient (Wildman–Crippen LogP) is 2.39. The van der Waals surface area contributed by atoms with Crippen LogP contribution in [0.2, 0.25) is 0 Å². The molecule has 2 rings (SSSR count). The van der Waals surface area contributed by atoms with Crippen molar-refractivity contribution in [2.75, 3.05) is 6.54 Å². The van der Waals surface area contributed by atoms with E-state index in [2.05, 4.69) is 6.92 Å². The van der Waals surface area contributed by atoms with Gasteiger partial charge in [-0.3, -0.25) is 9.69 Å². The van der Waals surface area contributed by atoms with E-state index in [9.17, 15) is 15.0 Å². The molecule has 18 heavy (non-hydrogen) atoms. The van der Waals surface area contributed by atoms with E-state index < -0.39 is 12.0 Å². The maximum Gasteiger partial charge on any atom is 0.325 e. The highest BCUT2D eigenvalue weighted by molar-refractivity contribution is 5.75. The molecule has 2 unspecified atom stereocenters. The van der Waals surface area contributed by atoms with Crippen LogP contribution in [0.5, 0.6) is 5.75 Å². The summed E-state index contributed by atoms with van der Waals surface area (Å²) in [5, 5.41) is 18.7. The molecule has 0 aliphatic carbocycles. The molecule has 98 valence electrons. The third kappa shape index (κ3) is 2.64. The number of rotatable bonds is 3. The monoisotopic (exact) mass is 249 g/mol. The maximum absolute atomic E-state index is 11.5. The Kier molecular flexibility index (Phi) is 3.87. The average molecular weight is 249 g/mol. The summed E-state index contributed by atoms with van der Waals surface area (Å²) in [6.45, 7) is 2.90. The van der Waals surface area contributed by atoms with Crippen LogP contribution in [0.4, 0.5) is 0 Å². The topological polar surface area (TPSA) is 60.8 Å². The fourth-order valence-electron chi connectivity index (χ4n) is 2.64. The Bertz CT molecular complexity index is 416. The number of hydrogen-bond donors (Lipinski definition) is 2. The van der Waals surface area contributed by atoms with Gasteiger partial charge in [0.15, 0.2) is 0 Å². The standard InChI is InChI=1S/C14H19NO3/c1-10-4-2-3-9-15(10)13(14(17)18)11-5-7-12(16)8-6-11/h5-8,10,13,16H,2-4,9H2,1H3,(H,17,18). The first-order valence-electron chi connectivity index (χ1n) is 6.37. The van der Waals surface area contributed by atoms with Gasteiger partial charge < -0.3 is 10.2 Å². The molecule has 1 aromatic carbocycles. The van der Waals surface area contributed by atoms with Crippen LogP contribution in [0, 0.1) is 0 Å². The summed E-state index contributed by atoms with van der Waals surface area (Å²) >= 11 is 0. The molecule has 1 fully saturated rings. The number of piperidine rings is 1. The van der Waals surface area contributed by atoms with Gasteiger partial charge in [0.25, 0.3) is 0 Å². The third-order valence-electron chi connectivity index (χ3n) is 3.63. The Balaban J connectivity index is 2.27. The molecular formula is C14H19NO3. The summed E-state index contributed by atoms with van der Waals surface area (Å²) in [6.07, 6.45) is 3.26. The first-order chi connectivity index (χ1) is 8.59. The summed E-state index contributed by atoms with van der Waals surface area (Å²) in [4.78, 5) is 13.6. The highest BCUT2D eigenvalue weighted by atomic mass is 16.4. The Hall–Kier alpha value is -1.55. The second-order valence-corrected chi connectivity index (χ2v) is 4.91. The molecule has 2 N–H and O–H groups in total. The van der Waals surface area contributed by atoms with Crippen LogP contribution in [0.25, 0.3) is 0 Å². The van der Waals surface area contributed by atoms with E-state index in [1.165, 1.54) is 6.42 Å². The maximum atomic E-state index is 11.5. The molecule has 1 aromatic rings. The zero-order valence-corrected chi connectivity index (χ0v) is 10.5. The van der Waals surface area contributed by atoms with Crippen molar-refractivity contribution < 1.29 is 15.0 Å². The highest BCUT2D eigenvalue weighted by Crippen LogP contribution is 2.29. The minimum atomic E-state index is -0.825. The number of aliphatic carboxylic acids is 1. The van der Waals surface area contributed by atoms with Crippen molar-refractivity contribution in [2.45, 2.75) is 38.3 Å². The smallest absolute Gasteiger partial charge is 0.325 e. The van der Waals surface area contributed by atoms with Gasteiger partial charge in [0.1, 0.15) is 11.8 Å². The minimum Gasteiger partial charge on any atom is -0.508 e. The lowest BCUT2D eigenvalue weighted by molar-refractivity contribution is -0.145. The molecule has 1 aliphatic heterocycles. The van der Waals surface area contributed by atoms with Crippen LogP contribution in [0.15, 0.2) is 24.3 Å². The van der Waals surface area contributed by atoms with Crippen molar-refractivity contribution in [2.24, 2.45) is 0 Å². The fraction of sp³-hybridized carbons (Fsp3) is 0.500. The summed E-state index contributed by atoms with van der Waals surface area (Å²) in [5.41, 5.74) is 0.731. The molecule has 0 bridgehead atoms. The van der Waals surface area contributed by atoms with Crippen LogP contribution in [0.1, 0.15) is 37.8 Å². The van der Waals surface area contributed by atoms with Gasteiger partial charge in [0, 0.05) is 6.04 Å². The number of nitrogens with zero attached hydrogens (tertiary/aromatic N) is 1. The molecule has 0 aromatic heterocycles. The van der Waals surface area contributed by atoms with E-state index in [1.807, 2.05) is 4.90 Å². The lowest BCUT2D eigenvalue weighted by atomic mass is 9.97. The molecule has 1 heterocycles. The van der Waals surface area contributed by atoms with Crippen LogP contribution < -0.4 is 0 Å². The quantitative estimate of drug-likeness (QED) is 0.863. The normalized spacial score (nSPS) is 22.6. The summed E-state index contributed by atoms with van der Waals surface area (Å²) < 4.78 is 0. The lowest BCUT2D eigenvalue weighted by Crippen LogP contribution is -2.43. The number of carbonyl (C=O) groups is 1. The van der Waals surface area contributed by atoms with Gasteiger partial charge in [-0.1, -0.05) is 18.6 Å². The van der Waals surface area contributed by atoms with Gasteiger partial charge in [-0.2, -0.15) is 0 Å². The number of benzene rings is 1. The number of aromatic hydroxyl groups is 1. The Morgan fingerprint density at radius 3 is 2.56 bits per heavy atom. The largest absolute Gasteiger partial charge is 0.508 e. The zero-order chi connectivity index (χ0) is 13.1. The molecule has 4 nitrogen and oxygen atoms in total. The first-order valence-corrected chi connectivity index (χ1v) is 6.37. The number of carboxylic acids is 1. The van der Waals surface area contributed by atoms with Crippen molar-refractivity contribution in [1.82, 2.24) is 4.90 Å². The average Bonchev–Trinajstić information content (AvgIpc) is 2.34. The van der Waals surface area contributed by atoms with E-state index >= 15 is 0 Å². The molecule has 2 atom stereocenters. The van der Waals surface area contributed by atoms with E-state index in [4.69, 9.17) is 0 Å².